The van der Waals surface area contributed by atoms with Crippen LogP contribution < -0.4 is 4.90 Å². The summed E-state index contributed by atoms with van der Waals surface area (Å²) >= 11 is 1.61. The molecule has 4 aromatic rings. The largest absolute Gasteiger partial charge is 0.308 e. The van der Waals surface area contributed by atoms with Gasteiger partial charge < -0.3 is 4.90 Å². The van der Waals surface area contributed by atoms with E-state index in [1.54, 1.807) is 11.3 Å². The van der Waals surface area contributed by atoms with Crippen LogP contribution in [0.15, 0.2) is 78.3 Å². The SMILES string of the molecule is O=C(c1cn(Cc2ccccc2)nc1-c1cccs1)N1CCc2ccccc21. The molecule has 0 saturated carbocycles. The number of amides is 1. The fourth-order valence-electron chi connectivity index (χ4n) is 3.72. The summed E-state index contributed by atoms with van der Waals surface area (Å²) in [4.78, 5) is 16.4. The minimum atomic E-state index is 0.0210. The molecule has 2 aromatic carbocycles. The van der Waals surface area contributed by atoms with E-state index in [0.717, 1.165) is 28.2 Å². The average molecular weight is 385 g/mol. The number of anilines is 1. The molecule has 0 atom stereocenters. The summed E-state index contributed by atoms with van der Waals surface area (Å²) in [6, 6.07) is 22.4. The molecule has 0 aliphatic carbocycles. The number of nitrogens with zero attached hydrogens (tertiary/aromatic N) is 3. The molecule has 2 aromatic heterocycles. The Morgan fingerprint density at radius 3 is 2.64 bits per heavy atom. The highest BCUT2D eigenvalue weighted by atomic mass is 32.1. The second-order valence-electron chi connectivity index (χ2n) is 6.89. The molecule has 4 nitrogen and oxygen atoms in total. The van der Waals surface area contributed by atoms with E-state index in [0.29, 0.717) is 18.7 Å². The molecule has 0 spiro atoms. The Kier molecular flexibility index (Phi) is 4.29. The van der Waals surface area contributed by atoms with Gasteiger partial charge in [0.15, 0.2) is 0 Å². The van der Waals surface area contributed by atoms with Crippen LogP contribution in [0.3, 0.4) is 0 Å². The van der Waals surface area contributed by atoms with Crippen LogP contribution in [0.1, 0.15) is 21.5 Å². The maximum Gasteiger partial charge on any atom is 0.262 e. The minimum Gasteiger partial charge on any atom is -0.308 e. The molecule has 0 bridgehead atoms. The lowest BCUT2D eigenvalue weighted by atomic mass is 10.1. The second-order valence-corrected chi connectivity index (χ2v) is 7.84. The number of carbonyl (C=O) groups excluding carboxylic acids is 1. The van der Waals surface area contributed by atoms with Crippen molar-refractivity contribution >= 4 is 22.9 Å². The number of aromatic nitrogens is 2. The van der Waals surface area contributed by atoms with Crippen molar-refractivity contribution in [3.05, 3.63) is 95.0 Å². The van der Waals surface area contributed by atoms with E-state index in [1.165, 1.54) is 5.56 Å². The van der Waals surface area contributed by atoms with Crippen LogP contribution in [0.5, 0.6) is 0 Å². The summed E-state index contributed by atoms with van der Waals surface area (Å²) in [6.45, 7) is 1.36. The number of para-hydroxylation sites is 1. The van der Waals surface area contributed by atoms with E-state index < -0.39 is 0 Å². The molecular weight excluding hydrogens is 366 g/mol. The van der Waals surface area contributed by atoms with Crippen LogP contribution in [0.4, 0.5) is 5.69 Å². The fraction of sp³-hybridized carbons (Fsp3) is 0.130. The quantitative estimate of drug-likeness (QED) is 0.503. The first-order valence-corrected chi connectivity index (χ1v) is 10.2. The molecular formula is C23H19N3OS. The summed E-state index contributed by atoms with van der Waals surface area (Å²) in [6.07, 6.45) is 2.79. The lowest BCUT2D eigenvalue weighted by Gasteiger charge is -2.17. The maximum atomic E-state index is 13.5. The highest BCUT2D eigenvalue weighted by molar-refractivity contribution is 7.13. The number of thiophene rings is 1. The Labute approximate surface area is 167 Å². The Bertz CT molecular complexity index is 1120. The minimum absolute atomic E-state index is 0.0210. The van der Waals surface area contributed by atoms with Gasteiger partial charge in [0.1, 0.15) is 5.69 Å². The highest BCUT2D eigenvalue weighted by Crippen LogP contribution is 2.32. The topological polar surface area (TPSA) is 38.1 Å². The van der Waals surface area contributed by atoms with Crippen molar-refractivity contribution in [1.82, 2.24) is 9.78 Å². The molecule has 1 amide bonds. The van der Waals surface area contributed by atoms with Crippen molar-refractivity contribution in [1.29, 1.82) is 0 Å². The van der Waals surface area contributed by atoms with Crippen LogP contribution in [-0.4, -0.2) is 22.2 Å². The van der Waals surface area contributed by atoms with Crippen molar-refractivity contribution in [3.8, 4) is 10.6 Å². The molecule has 28 heavy (non-hydrogen) atoms. The van der Waals surface area contributed by atoms with Crippen molar-refractivity contribution in [2.75, 3.05) is 11.4 Å². The first-order valence-electron chi connectivity index (χ1n) is 9.34. The molecule has 1 aliphatic rings. The lowest BCUT2D eigenvalue weighted by molar-refractivity contribution is 0.0990. The zero-order chi connectivity index (χ0) is 18.9. The predicted octanol–water partition coefficient (Wildman–Crippen LogP) is 4.86. The van der Waals surface area contributed by atoms with Gasteiger partial charge in [-0.1, -0.05) is 54.6 Å². The van der Waals surface area contributed by atoms with Gasteiger partial charge in [-0.05, 0) is 35.1 Å². The summed E-state index contributed by atoms with van der Waals surface area (Å²) in [5, 5.41) is 6.79. The number of hydrogen-bond acceptors (Lipinski definition) is 3. The van der Waals surface area contributed by atoms with Gasteiger partial charge in [0.05, 0.1) is 17.0 Å². The van der Waals surface area contributed by atoms with E-state index in [4.69, 9.17) is 5.10 Å². The third kappa shape index (κ3) is 3.04. The predicted molar refractivity (Wildman–Crippen MR) is 113 cm³/mol. The van der Waals surface area contributed by atoms with E-state index in [2.05, 4.69) is 18.2 Å². The van der Waals surface area contributed by atoms with Gasteiger partial charge in [-0.15, -0.1) is 11.3 Å². The Balaban J connectivity index is 1.54. The van der Waals surface area contributed by atoms with Gasteiger partial charge in [-0.3, -0.25) is 9.48 Å². The van der Waals surface area contributed by atoms with Gasteiger partial charge in [0, 0.05) is 18.4 Å². The van der Waals surface area contributed by atoms with E-state index in [1.807, 2.05) is 69.7 Å². The maximum absolute atomic E-state index is 13.5. The summed E-state index contributed by atoms with van der Waals surface area (Å²) in [7, 11) is 0. The van der Waals surface area contributed by atoms with Crippen LogP contribution in [0, 0.1) is 0 Å². The van der Waals surface area contributed by atoms with Gasteiger partial charge in [-0.25, -0.2) is 0 Å². The first-order chi connectivity index (χ1) is 13.8. The molecule has 138 valence electrons. The normalized spacial score (nSPS) is 12.9. The van der Waals surface area contributed by atoms with E-state index in [9.17, 15) is 4.79 Å². The lowest BCUT2D eigenvalue weighted by Crippen LogP contribution is -2.29. The zero-order valence-electron chi connectivity index (χ0n) is 15.3. The first kappa shape index (κ1) is 17.0. The van der Waals surface area contributed by atoms with Crippen LogP contribution in [0.25, 0.3) is 10.6 Å². The molecule has 5 rings (SSSR count). The third-order valence-corrected chi connectivity index (χ3v) is 5.94. The van der Waals surface area contributed by atoms with Gasteiger partial charge in [0.25, 0.3) is 5.91 Å². The van der Waals surface area contributed by atoms with E-state index in [-0.39, 0.29) is 5.91 Å². The van der Waals surface area contributed by atoms with E-state index >= 15 is 0 Å². The molecule has 1 aliphatic heterocycles. The molecule has 0 unspecified atom stereocenters. The smallest absolute Gasteiger partial charge is 0.262 e. The Hall–Kier alpha value is -3.18. The number of benzene rings is 2. The molecule has 0 fully saturated rings. The number of rotatable bonds is 4. The molecule has 3 heterocycles. The van der Waals surface area contributed by atoms with Gasteiger partial charge in [0.2, 0.25) is 0 Å². The zero-order valence-corrected chi connectivity index (χ0v) is 16.1. The van der Waals surface area contributed by atoms with Crippen molar-refractivity contribution in [2.45, 2.75) is 13.0 Å². The number of fused-ring (bicyclic) bond motifs is 1. The molecule has 0 N–H and O–H groups in total. The molecule has 5 heteroatoms. The third-order valence-electron chi connectivity index (χ3n) is 5.07. The fourth-order valence-corrected chi connectivity index (χ4v) is 4.44. The monoisotopic (exact) mass is 385 g/mol. The van der Waals surface area contributed by atoms with Crippen LogP contribution in [0.2, 0.25) is 0 Å². The van der Waals surface area contributed by atoms with Crippen LogP contribution >= 0.6 is 11.3 Å². The number of carbonyl (C=O) groups is 1. The Morgan fingerprint density at radius 1 is 1.00 bits per heavy atom. The summed E-state index contributed by atoms with van der Waals surface area (Å²) in [5.74, 6) is 0.0210. The van der Waals surface area contributed by atoms with Crippen molar-refractivity contribution < 1.29 is 4.79 Å². The summed E-state index contributed by atoms with van der Waals surface area (Å²) in [5.41, 5.74) is 4.83. The second kappa shape index (κ2) is 7.09. The molecule has 0 radical (unpaired) electrons. The van der Waals surface area contributed by atoms with Crippen molar-refractivity contribution in [2.24, 2.45) is 0 Å². The molecule has 0 saturated heterocycles. The standard InChI is InChI=1S/C23H19N3OS/c27-23(26-13-12-18-9-4-5-10-20(18)26)19-16-25(15-17-7-2-1-3-8-17)24-22(19)21-11-6-14-28-21/h1-11,14,16H,12-13,15H2. The Morgan fingerprint density at radius 2 is 1.82 bits per heavy atom. The van der Waals surface area contributed by atoms with Gasteiger partial charge in [-0.2, -0.15) is 5.10 Å². The summed E-state index contributed by atoms with van der Waals surface area (Å²) < 4.78 is 1.87. The number of hydrogen-bond donors (Lipinski definition) is 0. The average Bonchev–Trinajstić information content (AvgIpc) is 3.47. The highest BCUT2D eigenvalue weighted by Gasteiger charge is 2.29. The van der Waals surface area contributed by atoms with Gasteiger partial charge >= 0.3 is 0 Å². The van der Waals surface area contributed by atoms with Crippen LogP contribution in [-0.2, 0) is 13.0 Å². The van der Waals surface area contributed by atoms with Crippen molar-refractivity contribution in [3.63, 3.8) is 0 Å².